The maximum atomic E-state index is 5.81. The Labute approximate surface area is 201 Å². The van der Waals surface area contributed by atoms with Crippen LogP contribution in [0.2, 0.25) is 0 Å². The van der Waals surface area contributed by atoms with E-state index < -0.39 is 0 Å². The summed E-state index contributed by atoms with van der Waals surface area (Å²) < 4.78 is 32.8. The fraction of sp³-hybridized carbons (Fsp3) is 0.333. The second-order valence-electron chi connectivity index (χ2n) is 7.62. The number of nitrogens with zero attached hydrogens (tertiary/aromatic N) is 1. The van der Waals surface area contributed by atoms with Crippen molar-refractivity contribution in [1.29, 1.82) is 0 Å². The molecule has 0 bridgehead atoms. The maximum Gasteiger partial charge on any atom is 0.188 e. The van der Waals surface area contributed by atoms with Crippen LogP contribution >= 0.6 is 0 Å². The first-order chi connectivity index (χ1) is 16.7. The number of rotatable bonds is 15. The first-order valence-electron chi connectivity index (χ1n) is 11.1. The van der Waals surface area contributed by atoms with Crippen LogP contribution in [0, 0.1) is 0 Å². The summed E-state index contributed by atoms with van der Waals surface area (Å²) in [6.07, 6.45) is 0. The minimum Gasteiger partial charge on any atom is -0.467 e. The molecule has 182 valence electrons. The van der Waals surface area contributed by atoms with Gasteiger partial charge in [-0.2, -0.15) is 0 Å². The van der Waals surface area contributed by atoms with Gasteiger partial charge in [-0.25, -0.2) is 0 Å². The second-order valence-corrected chi connectivity index (χ2v) is 7.62. The van der Waals surface area contributed by atoms with Gasteiger partial charge in [0.2, 0.25) is 0 Å². The fourth-order valence-corrected chi connectivity index (χ4v) is 3.58. The summed E-state index contributed by atoms with van der Waals surface area (Å²) in [6.45, 7) is 2.53. The molecule has 0 aliphatic rings. The van der Waals surface area contributed by atoms with Crippen LogP contribution in [0.5, 0.6) is 17.2 Å². The lowest BCUT2D eigenvalue weighted by Crippen LogP contribution is -2.24. The zero-order chi connectivity index (χ0) is 24.0. The van der Waals surface area contributed by atoms with Gasteiger partial charge in [-0.05, 0) is 18.2 Å². The molecule has 0 spiro atoms. The van der Waals surface area contributed by atoms with Crippen LogP contribution in [-0.4, -0.2) is 46.6 Å². The summed E-state index contributed by atoms with van der Waals surface area (Å²) in [4.78, 5) is 2.32. The standard InChI is InChI=1S/C27H33NO6/c1-29-19-32-25-13-7-4-10-22(25)16-28(17-23-11-5-8-14-26(23)33-20-30-2)18-24-12-6-9-15-27(24)34-21-31-3/h4-15H,16-21H2,1-3H3. The molecule has 34 heavy (non-hydrogen) atoms. The molecule has 0 atom stereocenters. The number of benzene rings is 3. The van der Waals surface area contributed by atoms with Gasteiger partial charge in [-0.15, -0.1) is 0 Å². The first-order valence-corrected chi connectivity index (χ1v) is 11.1. The Balaban J connectivity index is 1.89. The van der Waals surface area contributed by atoms with E-state index in [9.17, 15) is 0 Å². The average molecular weight is 468 g/mol. The molecular formula is C27H33NO6. The van der Waals surface area contributed by atoms with Crippen molar-refractivity contribution in [3.63, 3.8) is 0 Å². The van der Waals surface area contributed by atoms with E-state index in [1.165, 1.54) is 0 Å². The third-order valence-electron chi connectivity index (χ3n) is 5.10. The van der Waals surface area contributed by atoms with Gasteiger partial charge in [0.25, 0.3) is 0 Å². The summed E-state index contributed by atoms with van der Waals surface area (Å²) in [5, 5.41) is 0. The highest BCUT2D eigenvalue weighted by Gasteiger charge is 2.16. The fourth-order valence-electron chi connectivity index (χ4n) is 3.58. The molecule has 0 fully saturated rings. The van der Waals surface area contributed by atoms with Crippen molar-refractivity contribution in [2.24, 2.45) is 0 Å². The highest BCUT2D eigenvalue weighted by Crippen LogP contribution is 2.27. The number of ether oxygens (including phenoxy) is 6. The summed E-state index contributed by atoms with van der Waals surface area (Å²) in [5.41, 5.74) is 3.18. The van der Waals surface area contributed by atoms with E-state index in [4.69, 9.17) is 28.4 Å². The number of hydrogen-bond donors (Lipinski definition) is 0. The smallest absolute Gasteiger partial charge is 0.188 e. The molecular weight excluding hydrogens is 434 g/mol. The van der Waals surface area contributed by atoms with Crippen molar-refractivity contribution in [3.8, 4) is 17.2 Å². The van der Waals surface area contributed by atoms with Gasteiger partial charge in [-0.1, -0.05) is 54.6 Å². The normalized spacial score (nSPS) is 10.9. The molecule has 0 unspecified atom stereocenters. The van der Waals surface area contributed by atoms with Crippen molar-refractivity contribution in [1.82, 2.24) is 4.90 Å². The van der Waals surface area contributed by atoms with Crippen molar-refractivity contribution >= 4 is 0 Å². The molecule has 0 N–H and O–H groups in total. The second kappa shape index (κ2) is 14.2. The van der Waals surface area contributed by atoms with Crippen molar-refractivity contribution < 1.29 is 28.4 Å². The molecule has 0 saturated heterocycles. The minimum absolute atomic E-state index is 0.193. The Morgan fingerprint density at radius 1 is 0.471 bits per heavy atom. The van der Waals surface area contributed by atoms with E-state index in [0.29, 0.717) is 19.6 Å². The number of methoxy groups -OCH3 is 3. The molecule has 3 aromatic carbocycles. The lowest BCUT2D eigenvalue weighted by molar-refractivity contribution is 0.0481. The quantitative estimate of drug-likeness (QED) is 0.297. The first kappa shape index (κ1) is 25.5. The average Bonchev–Trinajstić information content (AvgIpc) is 2.87. The topological polar surface area (TPSA) is 58.6 Å². The molecule has 0 heterocycles. The maximum absolute atomic E-state index is 5.81. The van der Waals surface area contributed by atoms with Crippen molar-refractivity contribution in [2.75, 3.05) is 41.7 Å². The predicted octanol–water partition coefficient (Wildman–Crippen LogP) is 4.84. The minimum atomic E-state index is 0.193. The SMILES string of the molecule is COCOc1ccccc1CN(Cc1ccccc1OCOC)Cc1ccccc1OCOC. The highest BCUT2D eigenvalue weighted by atomic mass is 16.7. The van der Waals surface area contributed by atoms with Crippen LogP contribution in [0.25, 0.3) is 0 Å². The van der Waals surface area contributed by atoms with Gasteiger partial charge < -0.3 is 28.4 Å². The molecule has 7 heteroatoms. The summed E-state index contributed by atoms with van der Waals surface area (Å²) >= 11 is 0. The lowest BCUT2D eigenvalue weighted by Gasteiger charge is -2.26. The van der Waals surface area contributed by atoms with Crippen LogP contribution in [0.15, 0.2) is 72.8 Å². The highest BCUT2D eigenvalue weighted by molar-refractivity contribution is 5.37. The van der Waals surface area contributed by atoms with E-state index in [0.717, 1.165) is 33.9 Å². The van der Waals surface area contributed by atoms with Gasteiger partial charge in [0.15, 0.2) is 20.4 Å². The molecule has 0 amide bonds. The van der Waals surface area contributed by atoms with Crippen LogP contribution < -0.4 is 14.2 Å². The third kappa shape index (κ3) is 7.74. The van der Waals surface area contributed by atoms with Crippen molar-refractivity contribution in [3.05, 3.63) is 89.5 Å². The molecule has 0 saturated carbocycles. The third-order valence-corrected chi connectivity index (χ3v) is 5.10. The Morgan fingerprint density at radius 2 is 0.765 bits per heavy atom. The largest absolute Gasteiger partial charge is 0.467 e. The van der Waals surface area contributed by atoms with E-state index in [1.54, 1.807) is 21.3 Å². The molecule has 3 rings (SSSR count). The Kier molecular flexibility index (Phi) is 10.7. The van der Waals surface area contributed by atoms with Gasteiger partial charge in [0, 0.05) is 57.7 Å². The van der Waals surface area contributed by atoms with Gasteiger partial charge >= 0.3 is 0 Å². The van der Waals surface area contributed by atoms with Gasteiger partial charge in [0.05, 0.1) is 0 Å². The molecule has 3 aromatic rings. The zero-order valence-electron chi connectivity index (χ0n) is 20.1. The van der Waals surface area contributed by atoms with E-state index in [2.05, 4.69) is 23.1 Å². The van der Waals surface area contributed by atoms with Crippen molar-refractivity contribution in [2.45, 2.75) is 19.6 Å². The molecule has 0 aliphatic carbocycles. The van der Waals surface area contributed by atoms with Gasteiger partial charge in [0.1, 0.15) is 17.2 Å². The van der Waals surface area contributed by atoms with E-state index in [-0.39, 0.29) is 20.4 Å². The predicted molar refractivity (Wildman–Crippen MR) is 130 cm³/mol. The molecule has 0 aliphatic heterocycles. The van der Waals surface area contributed by atoms with Gasteiger partial charge in [-0.3, -0.25) is 4.90 Å². The summed E-state index contributed by atoms with van der Waals surface area (Å²) in [7, 11) is 4.84. The number of hydrogen-bond acceptors (Lipinski definition) is 7. The van der Waals surface area contributed by atoms with Crippen LogP contribution in [0.3, 0.4) is 0 Å². The monoisotopic (exact) mass is 467 g/mol. The number of para-hydroxylation sites is 3. The Hall–Kier alpha value is -3.10. The van der Waals surface area contributed by atoms with Crippen LogP contribution in [0.4, 0.5) is 0 Å². The van der Waals surface area contributed by atoms with Crippen LogP contribution in [0.1, 0.15) is 16.7 Å². The Morgan fingerprint density at radius 3 is 1.06 bits per heavy atom. The molecule has 7 nitrogen and oxygen atoms in total. The zero-order valence-corrected chi connectivity index (χ0v) is 20.1. The lowest BCUT2D eigenvalue weighted by atomic mass is 10.1. The van der Waals surface area contributed by atoms with Crippen LogP contribution in [-0.2, 0) is 33.8 Å². The molecule has 0 aromatic heterocycles. The summed E-state index contributed by atoms with van der Waals surface area (Å²) in [6, 6.07) is 24.0. The van der Waals surface area contributed by atoms with E-state index >= 15 is 0 Å². The van der Waals surface area contributed by atoms with E-state index in [1.807, 2.05) is 54.6 Å². The molecule has 0 radical (unpaired) electrons. The summed E-state index contributed by atoms with van der Waals surface area (Å²) in [5.74, 6) is 2.38. The Bertz CT molecular complexity index is 869.